The number of rotatable bonds is 5. The molecule has 0 bridgehead atoms. The third-order valence-corrected chi connectivity index (χ3v) is 5.35. The van der Waals surface area contributed by atoms with E-state index in [1.165, 1.54) is 4.90 Å². The lowest BCUT2D eigenvalue weighted by Crippen LogP contribution is -2.30. The number of hydrogen-bond acceptors (Lipinski definition) is 4. The molecule has 28 heavy (non-hydrogen) atoms. The number of allylic oxidation sites excluding steroid dienone is 2. The van der Waals surface area contributed by atoms with Gasteiger partial charge in [-0.15, -0.1) is 0 Å². The van der Waals surface area contributed by atoms with Crippen molar-refractivity contribution in [2.45, 2.75) is 19.8 Å². The van der Waals surface area contributed by atoms with Crippen LogP contribution in [-0.2, 0) is 9.59 Å². The van der Waals surface area contributed by atoms with Crippen LogP contribution in [0.5, 0.6) is 5.75 Å². The minimum atomic E-state index is -0.249. The summed E-state index contributed by atoms with van der Waals surface area (Å²) >= 11 is 0. The molecule has 1 saturated heterocycles. The van der Waals surface area contributed by atoms with Gasteiger partial charge in [0.25, 0.3) is 0 Å². The highest BCUT2D eigenvalue weighted by atomic mass is 16.5. The molecule has 1 fully saturated rings. The molecule has 1 aliphatic carbocycles. The molecule has 0 spiro atoms. The number of carbonyl (C=O) groups excluding carboxylic acids is 3. The Bertz CT molecular complexity index is 918. The highest BCUT2D eigenvalue weighted by Crippen LogP contribution is 2.37. The molecule has 0 aromatic heterocycles. The molecular formula is C23H21NO4. The molecule has 2 amide bonds. The Morgan fingerprint density at radius 3 is 2.07 bits per heavy atom. The second kappa shape index (κ2) is 7.43. The van der Waals surface area contributed by atoms with Gasteiger partial charge in [0.15, 0.2) is 12.4 Å². The lowest BCUT2D eigenvalue weighted by molar-refractivity contribution is -0.122. The largest absolute Gasteiger partial charge is 0.485 e. The minimum absolute atomic E-state index is 0.0696. The number of anilines is 1. The molecule has 0 radical (unpaired) electrons. The Kier molecular flexibility index (Phi) is 4.82. The van der Waals surface area contributed by atoms with Crippen molar-refractivity contribution in [3.63, 3.8) is 0 Å². The Morgan fingerprint density at radius 2 is 1.50 bits per heavy atom. The normalized spacial score (nSPS) is 21.0. The van der Waals surface area contributed by atoms with E-state index in [0.717, 1.165) is 5.56 Å². The van der Waals surface area contributed by atoms with Crippen LogP contribution >= 0.6 is 0 Å². The number of fused-ring (bicyclic) bond motifs is 1. The minimum Gasteiger partial charge on any atom is -0.485 e. The molecule has 1 heterocycles. The highest BCUT2D eigenvalue weighted by molar-refractivity contribution is 6.22. The zero-order chi connectivity index (χ0) is 19.7. The SMILES string of the molecule is Cc1ccc(C(=O)COc2ccc(N3C(=O)C4CC=CCC4C3=O)cc2)cc1. The van der Waals surface area contributed by atoms with Gasteiger partial charge in [-0.2, -0.15) is 0 Å². The van der Waals surface area contributed by atoms with Crippen LogP contribution < -0.4 is 9.64 Å². The van der Waals surface area contributed by atoms with Crippen molar-refractivity contribution in [3.05, 3.63) is 71.8 Å². The second-order valence-corrected chi connectivity index (χ2v) is 7.24. The number of hydrogen-bond donors (Lipinski definition) is 0. The summed E-state index contributed by atoms with van der Waals surface area (Å²) in [4.78, 5) is 38.7. The molecule has 2 atom stereocenters. The van der Waals surface area contributed by atoms with Crippen LogP contribution in [0.25, 0.3) is 0 Å². The number of benzene rings is 2. The van der Waals surface area contributed by atoms with Gasteiger partial charge in [0.1, 0.15) is 5.75 Å². The number of amides is 2. The van der Waals surface area contributed by atoms with E-state index < -0.39 is 0 Å². The lowest BCUT2D eigenvalue weighted by atomic mass is 9.85. The Labute approximate surface area is 163 Å². The first kappa shape index (κ1) is 18.2. The number of carbonyl (C=O) groups is 3. The maximum absolute atomic E-state index is 12.6. The zero-order valence-electron chi connectivity index (χ0n) is 15.6. The van der Waals surface area contributed by atoms with Crippen molar-refractivity contribution in [1.29, 1.82) is 0 Å². The quantitative estimate of drug-likeness (QED) is 0.454. The fourth-order valence-corrected chi connectivity index (χ4v) is 3.72. The summed E-state index contributed by atoms with van der Waals surface area (Å²) in [5.74, 6) is -0.362. The summed E-state index contributed by atoms with van der Waals surface area (Å²) in [7, 11) is 0. The van der Waals surface area contributed by atoms with E-state index in [1.807, 2.05) is 31.2 Å². The van der Waals surface area contributed by atoms with Crippen LogP contribution in [-0.4, -0.2) is 24.2 Å². The fourth-order valence-electron chi connectivity index (χ4n) is 3.72. The number of ether oxygens (including phenoxy) is 1. The Balaban J connectivity index is 1.41. The lowest BCUT2D eigenvalue weighted by Gasteiger charge is -2.15. The first-order valence-electron chi connectivity index (χ1n) is 9.40. The first-order chi connectivity index (χ1) is 13.5. The van der Waals surface area contributed by atoms with Crippen LogP contribution in [0.2, 0.25) is 0 Å². The van der Waals surface area contributed by atoms with Gasteiger partial charge in [0.2, 0.25) is 11.8 Å². The summed E-state index contributed by atoms with van der Waals surface area (Å²) in [6, 6.07) is 14.1. The number of aryl methyl sites for hydroxylation is 1. The predicted octanol–water partition coefficient (Wildman–Crippen LogP) is 3.71. The van der Waals surface area contributed by atoms with Gasteiger partial charge in [0.05, 0.1) is 17.5 Å². The number of imide groups is 1. The third-order valence-electron chi connectivity index (χ3n) is 5.35. The summed E-state index contributed by atoms with van der Waals surface area (Å²) in [5.41, 5.74) is 2.24. The molecule has 4 rings (SSSR count). The van der Waals surface area contributed by atoms with E-state index in [-0.39, 0.29) is 36.0 Å². The van der Waals surface area contributed by atoms with Gasteiger partial charge in [0, 0.05) is 5.56 Å². The average molecular weight is 375 g/mol. The zero-order valence-corrected chi connectivity index (χ0v) is 15.6. The maximum Gasteiger partial charge on any atom is 0.238 e. The maximum atomic E-state index is 12.6. The molecular weight excluding hydrogens is 354 g/mol. The van der Waals surface area contributed by atoms with Crippen LogP contribution in [0.1, 0.15) is 28.8 Å². The molecule has 5 nitrogen and oxygen atoms in total. The van der Waals surface area contributed by atoms with E-state index in [2.05, 4.69) is 0 Å². The summed E-state index contributed by atoms with van der Waals surface area (Å²) < 4.78 is 5.57. The van der Waals surface area contributed by atoms with Crippen LogP contribution in [0, 0.1) is 18.8 Å². The van der Waals surface area contributed by atoms with Crippen molar-refractivity contribution in [2.75, 3.05) is 11.5 Å². The van der Waals surface area contributed by atoms with Crippen LogP contribution in [0.4, 0.5) is 5.69 Å². The topological polar surface area (TPSA) is 63.7 Å². The number of ketones is 1. The van der Waals surface area contributed by atoms with E-state index >= 15 is 0 Å². The van der Waals surface area contributed by atoms with Gasteiger partial charge in [-0.1, -0.05) is 42.0 Å². The molecule has 1 aliphatic heterocycles. The van der Waals surface area contributed by atoms with Gasteiger partial charge < -0.3 is 4.74 Å². The molecule has 0 N–H and O–H groups in total. The molecule has 2 aromatic carbocycles. The summed E-state index contributed by atoms with van der Waals surface area (Å²) in [6.45, 7) is 1.90. The van der Waals surface area contributed by atoms with E-state index in [1.54, 1.807) is 36.4 Å². The standard InChI is InChI=1S/C23H21NO4/c1-15-6-8-16(9-7-15)21(25)14-28-18-12-10-17(11-13-18)24-22(26)19-4-2-3-5-20(19)23(24)27/h2-3,6-13,19-20H,4-5,14H2,1H3. The van der Waals surface area contributed by atoms with E-state index in [4.69, 9.17) is 4.74 Å². The smallest absolute Gasteiger partial charge is 0.238 e. The summed E-state index contributed by atoms with van der Waals surface area (Å²) in [5, 5.41) is 0. The summed E-state index contributed by atoms with van der Waals surface area (Å²) in [6.07, 6.45) is 5.18. The van der Waals surface area contributed by atoms with E-state index in [0.29, 0.717) is 29.8 Å². The first-order valence-corrected chi connectivity index (χ1v) is 9.40. The number of Topliss-reactive ketones (excluding diaryl/α,β-unsaturated/α-hetero) is 1. The fraction of sp³-hybridized carbons (Fsp3) is 0.261. The average Bonchev–Trinajstić information content (AvgIpc) is 2.98. The molecule has 142 valence electrons. The highest BCUT2D eigenvalue weighted by Gasteiger charge is 2.47. The van der Waals surface area contributed by atoms with Gasteiger partial charge >= 0.3 is 0 Å². The molecule has 2 aliphatic rings. The molecule has 5 heteroatoms. The molecule has 0 saturated carbocycles. The van der Waals surface area contributed by atoms with Crippen molar-refractivity contribution in [2.24, 2.45) is 11.8 Å². The van der Waals surface area contributed by atoms with Crippen molar-refractivity contribution in [3.8, 4) is 5.75 Å². The predicted molar refractivity (Wildman–Crippen MR) is 105 cm³/mol. The van der Waals surface area contributed by atoms with Crippen molar-refractivity contribution >= 4 is 23.3 Å². The van der Waals surface area contributed by atoms with Crippen LogP contribution in [0.15, 0.2) is 60.7 Å². The van der Waals surface area contributed by atoms with Crippen molar-refractivity contribution < 1.29 is 19.1 Å². The number of nitrogens with zero attached hydrogens (tertiary/aromatic N) is 1. The van der Waals surface area contributed by atoms with Gasteiger partial charge in [-0.05, 0) is 44.0 Å². The van der Waals surface area contributed by atoms with Crippen LogP contribution in [0.3, 0.4) is 0 Å². The van der Waals surface area contributed by atoms with Crippen molar-refractivity contribution in [1.82, 2.24) is 0 Å². The van der Waals surface area contributed by atoms with Gasteiger partial charge in [-0.3, -0.25) is 19.3 Å². The molecule has 2 unspecified atom stereocenters. The van der Waals surface area contributed by atoms with E-state index in [9.17, 15) is 14.4 Å². The second-order valence-electron chi connectivity index (χ2n) is 7.24. The Morgan fingerprint density at radius 1 is 0.929 bits per heavy atom. The third kappa shape index (κ3) is 3.36. The molecule has 2 aromatic rings. The monoisotopic (exact) mass is 375 g/mol. The van der Waals surface area contributed by atoms with Gasteiger partial charge in [-0.25, -0.2) is 0 Å². The Hall–Kier alpha value is -3.21.